The Kier molecular flexibility index (Phi) is 8.48. The summed E-state index contributed by atoms with van der Waals surface area (Å²) >= 11 is 0. The van der Waals surface area contributed by atoms with Gasteiger partial charge in [0.2, 0.25) is 11.8 Å². The molecule has 5 rings (SSSR count). The van der Waals surface area contributed by atoms with Gasteiger partial charge in [0.05, 0.1) is 13.2 Å². The van der Waals surface area contributed by atoms with Crippen LogP contribution in [0.2, 0.25) is 0 Å². The second-order valence-electron chi connectivity index (χ2n) is 9.06. The predicted molar refractivity (Wildman–Crippen MR) is 147 cm³/mol. The van der Waals surface area contributed by atoms with E-state index < -0.39 is 12.1 Å². The summed E-state index contributed by atoms with van der Waals surface area (Å²) in [5, 5.41) is 10.4. The van der Waals surface area contributed by atoms with E-state index in [2.05, 4.69) is 33.1 Å². The number of ether oxygens (including phenoxy) is 1. The zero-order valence-electron chi connectivity index (χ0n) is 20.6. The smallest absolute Gasteiger partial charge is 0.243 e. The topological polar surface area (TPSA) is 95.2 Å². The number of fused-ring (bicyclic) bond motifs is 2. The number of halogens is 1. The van der Waals surface area contributed by atoms with E-state index in [0.29, 0.717) is 31.7 Å². The highest BCUT2D eigenvalue weighted by atomic mass is 35.5. The molecule has 0 saturated heterocycles. The molecule has 0 saturated carbocycles. The summed E-state index contributed by atoms with van der Waals surface area (Å²) in [4.78, 5) is 30.0. The molecule has 4 N–H and O–H groups in total. The van der Waals surface area contributed by atoms with Crippen molar-refractivity contribution in [2.24, 2.45) is 0 Å². The second-order valence-corrected chi connectivity index (χ2v) is 9.06. The minimum Gasteiger partial charge on any atom is -0.496 e. The van der Waals surface area contributed by atoms with Gasteiger partial charge in [-0.05, 0) is 35.2 Å². The first-order valence-corrected chi connectivity index (χ1v) is 12.2. The number of rotatable bonds is 8. The molecule has 2 amide bonds. The van der Waals surface area contributed by atoms with Crippen LogP contribution in [0, 0.1) is 0 Å². The van der Waals surface area contributed by atoms with Crippen molar-refractivity contribution in [1.82, 2.24) is 20.9 Å². The molecule has 0 bridgehead atoms. The SMILES string of the molecule is COc1ccccc1CNC(=O)[C@H](Cc1c[nH]c2ccccc12)NC(=O)[C@@H]1Cc2ccccc2CN1.Cl. The van der Waals surface area contributed by atoms with Gasteiger partial charge in [-0.2, -0.15) is 0 Å². The number of methoxy groups -OCH3 is 1. The maximum absolute atomic E-state index is 13.4. The molecule has 7 nitrogen and oxygen atoms in total. The summed E-state index contributed by atoms with van der Waals surface area (Å²) in [5.74, 6) is 0.289. The summed E-state index contributed by atoms with van der Waals surface area (Å²) in [5.41, 5.74) is 5.20. The highest BCUT2D eigenvalue weighted by Gasteiger charge is 2.29. The van der Waals surface area contributed by atoms with Gasteiger partial charge in [0.15, 0.2) is 0 Å². The molecule has 0 spiro atoms. The van der Waals surface area contributed by atoms with Crippen molar-refractivity contribution in [2.75, 3.05) is 7.11 Å². The van der Waals surface area contributed by atoms with E-state index in [-0.39, 0.29) is 24.2 Å². The summed E-state index contributed by atoms with van der Waals surface area (Å²) in [6.45, 7) is 0.930. The number of aromatic nitrogens is 1. The van der Waals surface area contributed by atoms with Gasteiger partial charge >= 0.3 is 0 Å². The van der Waals surface area contributed by atoms with Crippen molar-refractivity contribution >= 4 is 35.1 Å². The Labute approximate surface area is 222 Å². The molecule has 0 radical (unpaired) electrons. The van der Waals surface area contributed by atoms with Crippen molar-refractivity contribution in [2.45, 2.75) is 38.0 Å². The Morgan fingerprint density at radius 1 is 0.973 bits per heavy atom. The van der Waals surface area contributed by atoms with Crippen LogP contribution in [0.4, 0.5) is 0 Å². The Bertz CT molecular complexity index is 1390. The monoisotopic (exact) mass is 518 g/mol. The number of hydrogen-bond donors (Lipinski definition) is 4. The van der Waals surface area contributed by atoms with E-state index in [9.17, 15) is 9.59 Å². The molecule has 4 aromatic rings. The minimum absolute atomic E-state index is 0. The van der Waals surface area contributed by atoms with Crippen molar-refractivity contribution in [3.63, 3.8) is 0 Å². The molecule has 8 heteroatoms. The van der Waals surface area contributed by atoms with Crippen LogP contribution in [-0.4, -0.2) is 36.0 Å². The zero-order valence-corrected chi connectivity index (χ0v) is 21.4. The summed E-state index contributed by atoms with van der Waals surface area (Å²) in [6, 6.07) is 22.5. The Morgan fingerprint density at radius 2 is 1.70 bits per heavy atom. The fourth-order valence-electron chi connectivity index (χ4n) is 4.80. The van der Waals surface area contributed by atoms with Crippen molar-refractivity contribution in [1.29, 1.82) is 0 Å². The molecule has 0 aliphatic carbocycles. The third kappa shape index (κ3) is 5.96. The van der Waals surface area contributed by atoms with E-state index in [1.165, 1.54) is 5.56 Å². The Hall–Kier alpha value is -3.81. The van der Waals surface area contributed by atoms with Gasteiger partial charge in [-0.25, -0.2) is 0 Å². The first kappa shape index (κ1) is 26.3. The number of carbonyl (C=O) groups excluding carboxylic acids is 2. The molecule has 37 heavy (non-hydrogen) atoms. The van der Waals surface area contributed by atoms with Crippen LogP contribution in [0.25, 0.3) is 10.9 Å². The highest BCUT2D eigenvalue weighted by molar-refractivity contribution is 5.91. The number of amides is 2. The van der Waals surface area contributed by atoms with Gasteiger partial charge in [-0.15, -0.1) is 12.4 Å². The van der Waals surface area contributed by atoms with Gasteiger partial charge in [-0.1, -0.05) is 60.7 Å². The molecular weight excluding hydrogens is 488 g/mol. The normalized spacial score (nSPS) is 15.2. The quantitative estimate of drug-likeness (QED) is 0.286. The standard InChI is InChI=1S/C29H30N4O3.ClH/c1-36-27-13-7-4-10-21(27)17-32-28(34)26(15-22-18-30-24-12-6-5-11-23(22)24)33-29(35)25-14-19-8-2-3-9-20(19)16-31-25;/h2-13,18,25-26,30-31H,14-17H2,1H3,(H,32,34)(H,33,35);1H/t25-,26-;/m0./s1. The van der Waals surface area contributed by atoms with Gasteiger partial charge in [0.25, 0.3) is 0 Å². The average molecular weight is 519 g/mol. The summed E-state index contributed by atoms with van der Waals surface area (Å²) < 4.78 is 5.41. The number of H-pyrrole nitrogens is 1. The van der Waals surface area contributed by atoms with Gasteiger partial charge in [0, 0.05) is 42.2 Å². The molecule has 192 valence electrons. The number of para-hydroxylation sites is 2. The lowest BCUT2D eigenvalue weighted by atomic mass is 9.95. The van der Waals surface area contributed by atoms with Crippen LogP contribution in [0.3, 0.4) is 0 Å². The number of nitrogens with one attached hydrogen (secondary N) is 4. The molecule has 0 unspecified atom stereocenters. The van der Waals surface area contributed by atoms with Crippen LogP contribution in [0.1, 0.15) is 22.3 Å². The number of aromatic amines is 1. The predicted octanol–water partition coefficient (Wildman–Crippen LogP) is 3.66. The zero-order chi connectivity index (χ0) is 24.9. The first-order chi connectivity index (χ1) is 17.6. The fraction of sp³-hybridized carbons (Fsp3) is 0.241. The number of benzene rings is 3. The van der Waals surface area contributed by atoms with Gasteiger partial charge in [-0.3, -0.25) is 9.59 Å². The Balaban J connectivity index is 0.00000320. The lowest BCUT2D eigenvalue weighted by Gasteiger charge is -2.27. The lowest BCUT2D eigenvalue weighted by molar-refractivity contribution is -0.130. The highest BCUT2D eigenvalue weighted by Crippen LogP contribution is 2.21. The van der Waals surface area contributed by atoms with Gasteiger partial charge < -0.3 is 25.7 Å². The van der Waals surface area contributed by atoms with E-state index in [4.69, 9.17) is 4.74 Å². The van der Waals surface area contributed by atoms with Crippen molar-refractivity contribution < 1.29 is 14.3 Å². The van der Waals surface area contributed by atoms with Crippen LogP contribution in [-0.2, 0) is 35.5 Å². The lowest BCUT2D eigenvalue weighted by Crippen LogP contribution is -2.54. The molecule has 1 aromatic heterocycles. The molecule has 1 aliphatic heterocycles. The van der Waals surface area contributed by atoms with E-state index >= 15 is 0 Å². The maximum atomic E-state index is 13.4. The van der Waals surface area contributed by atoms with E-state index in [1.54, 1.807) is 7.11 Å². The first-order valence-electron chi connectivity index (χ1n) is 12.2. The third-order valence-electron chi connectivity index (χ3n) is 6.78. The van der Waals surface area contributed by atoms with Crippen LogP contribution >= 0.6 is 12.4 Å². The summed E-state index contributed by atoms with van der Waals surface area (Å²) in [6.07, 6.45) is 2.87. The van der Waals surface area contributed by atoms with Crippen LogP contribution < -0.4 is 20.7 Å². The molecule has 3 aromatic carbocycles. The second kappa shape index (κ2) is 12.0. The van der Waals surface area contributed by atoms with Crippen molar-refractivity contribution in [3.05, 3.63) is 101 Å². The van der Waals surface area contributed by atoms with Gasteiger partial charge in [0.1, 0.15) is 11.8 Å². The third-order valence-corrected chi connectivity index (χ3v) is 6.78. The largest absolute Gasteiger partial charge is 0.496 e. The van der Waals surface area contributed by atoms with Crippen LogP contribution in [0.5, 0.6) is 5.75 Å². The average Bonchev–Trinajstić information content (AvgIpc) is 3.33. The fourth-order valence-corrected chi connectivity index (χ4v) is 4.80. The molecule has 2 heterocycles. The van der Waals surface area contributed by atoms with Crippen LogP contribution in [0.15, 0.2) is 79.0 Å². The maximum Gasteiger partial charge on any atom is 0.243 e. The molecule has 1 aliphatic rings. The number of hydrogen-bond acceptors (Lipinski definition) is 4. The van der Waals surface area contributed by atoms with E-state index in [0.717, 1.165) is 27.6 Å². The van der Waals surface area contributed by atoms with E-state index in [1.807, 2.05) is 66.9 Å². The minimum atomic E-state index is -0.731. The van der Waals surface area contributed by atoms with Crippen molar-refractivity contribution in [3.8, 4) is 5.75 Å². The molecular formula is C29H31ClN4O3. The molecule has 2 atom stereocenters. The molecule has 0 fully saturated rings. The summed E-state index contributed by atoms with van der Waals surface area (Å²) in [7, 11) is 1.61. The Morgan fingerprint density at radius 3 is 2.54 bits per heavy atom. The number of carbonyl (C=O) groups is 2.